The van der Waals surface area contributed by atoms with Gasteiger partial charge in [-0.3, -0.25) is 0 Å². The molecule has 4 nitrogen and oxygen atoms in total. The van der Waals surface area contributed by atoms with E-state index in [1.165, 1.54) is 28.2 Å². The van der Waals surface area contributed by atoms with E-state index in [0.29, 0.717) is 0 Å². The van der Waals surface area contributed by atoms with Gasteiger partial charge >= 0.3 is 18.6 Å². The molecule has 0 aliphatic heterocycles. The van der Waals surface area contributed by atoms with E-state index in [4.69, 9.17) is 22.9 Å². The molecule has 0 fully saturated rings. The van der Waals surface area contributed by atoms with Gasteiger partial charge in [-0.05, 0) is 0 Å². The average molecular weight is 324 g/mol. The van der Waals surface area contributed by atoms with E-state index < -0.39 is 0 Å². The first-order valence-electron chi connectivity index (χ1n) is 2.00. The van der Waals surface area contributed by atoms with Crippen LogP contribution >= 0.6 is 0 Å². The summed E-state index contributed by atoms with van der Waals surface area (Å²) in [7, 11) is 5.00. The third-order valence-electron chi connectivity index (χ3n) is 0. The van der Waals surface area contributed by atoms with Crippen molar-refractivity contribution >= 4 is 0 Å². The molecule has 0 atom stereocenters. The number of nitrogens with one attached hydrogen (secondary N) is 4. The van der Waals surface area contributed by atoms with Crippen LogP contribution in [0.1, 0.15) is 0 Å². The fraction of sp³-hybridized carbons (Fsp3) is 1.00. The molecule has 0 aromatic heterocycles. The molecular weight excluding hydrogens is 308 g/mol. The first kappa shape index (κ1) is 64.5. The molecule has 12 heavy (non-hydrogen) atoms. The largest absolute Gasteiger partial charge is 2.00 e. The van der Waals surface area contributed by atoms with Crippen molar-refractivity contribution in [1.82, 2.24) is 0 Å². The van der Waals surface area contributed by atoms with Crippen LogP contribution in [-0.2, 0) is 74.2 Å². The molecule has 0 aromatic carbocycles. The summed E-state index contributed by atoms with van der Waals surface area (Å²) in [5.74, 6) is 0. The molecule has 0 aromatic rings. The predicted octanol–water partition coefficient (Wildman–Crippen LogP) is 2.66. The first-order chi connectivity index (χ1) is 4.00. The second kappa shape index (κ2) is 412. The van der Waals surface area contributed by atoms with Crippen LogP contribution < -0.4 is 0 Å². The Kier molecular flexibility index (Phi) is 2220. The van der Waals surface area contributed by atoms with Crippen molar-refractivity contribution in [3.05, 3.63) is 22.9 Å². The molecule has 4 N–H and O–H groups in total. The SMILES string of the molecule is C[NH-].C[NH-].C[NH-].C[NH-].[V+2].[V].[V].[V]. The van der Waals surface area contributed by atoms with Crippen molar-refractivity contribution in [2.24, 2.45) is 0 Å². The molecular formula is C4H16N4V4-2. The van der Waals surface area contributed by atoms with Gasteiger partial charge in [0.15, 0.2) is 0 Å². The molecule has 0 saturated heterocycles. The number of rotatable bonds is 0. The van der Waals surface area contributed by atoms with Gasteiger partial charge in [-0.1, -0.05) is 0 Å². The third-order valence-corrected chi connectivity index (χ3v) is 0. The Morgan fingerprint density at radius 1 is 0.417 bits per heavy atom. The molecule has 0 aliphatic carbocycles. The van der Waals surface area contributed by atoms with Gasteiger partial charge in [-0.2, -0.15) is 28.2 Å². The average Bonchev–Trinajstić information content (AvgIpc) is 2.03. The van der Waals surface area contributed by atoms with E-state index in [-0.39, 0.29) is 74.2 Å². The van der Waals surface area contributed by atoms with Gasteiger partial charge in [0.2, 0.25) is 0 Å². The van der Waals surface area contributed by atoms with Gasteiger partial charge in [-0.25, -0.2) is 0 Å². The first-order valence-corrected chi connectivity index (χ1v) is 2.00. The van der Waals surface area contributed by atoms with E-state index in [1.54, 1.807) is 0 Å². The molecule has 4 radical (unpaired) electrons. The van der Waals surface area contributed by atoms with E-state index >= 15 is 0 Å². The number of hydrogen-bond acceptors (Lipinski definition) is 0. The quantitative estimate of drug-likeness (QED) is 0.655. The van der Waals surface area contributed by atoms with E-state index in [2.05, 4.69) is 0 Å². The zero-order chi connectivity index (χ0) is 8.00. The van der Waals surface area contributed by atoms with Crippen LogP contribution in [0.3, 0.4) is 0 Å². The Morgan fingerprint density at radius 3 is 0.417 bits per heavy atom. The summed E-state index contributed by atoms with van der Waals surface area (Å²) in [6, 6.07) is 0. The standard InChI is InChI=1S/4CH4N.4V/c4*1-2;;;;/h4*2H,1H3;;;;/q4*-1;;;;+2. The summed E-state index contributed by atoms with van der Waals surface area (Å²) >= 11 is 0. The van der Waals surface area contributed by atoms with Crippen molar-refractivity contribution in [1.29, 1.82) is 0 Å². The van der Waals surface area contributed by atoms with Crippen molar-refractivity contribution in [2.45, 2.75) is 0 Å². The molecule has 0 aliphatic rings. The summed E-state index contributed by atoms with van der Waals surface area (Å²) in [5, 5.41) is 0. The molecule has 0 heterocycles. The Balaban J connectivity index is -0.00000000267. The molecule has 0 unspecified atom stereocenters. The maximum Gasteiger partial charge on any atom is 2.00 e. The van der Waals surface area contributed by atoms with Crippen LogP contribution in [0, 0.1) is 0 Å². The zero-order valence-corrected chi connectivity index (χ0v) is 13.4. The van der Waals surface area contributed by atoms with E-state index in [9.17, 15) is 0 Å². The Labute approximate surface area is 124 Å². The number of hydrogen-bond donors (Lipinski definition) is 0. The summed E-state index contributed by atoms with van der Waals surface area (Å²) in [6.45, 7) is 0. The van der Waals surface area contributed by atoms with Gasteiger partial charge in [0.05, 0.1) is 0 Å². The summed E-state index contributed by atoms with van der Waals surface area (Å²) in [5.41, 5.74) is 23.0. The van der Waals surface area contributed by atoms with Gasteiger partial charge in [0.25, 0.3) is 0 Å². The van der Waals surface area contributed by atoms with Crippen LogP contribution in [0.2, 0.25) is 0 Å². The third kappa shape index (κ3) is 321. The molecule has 8 heteroatoms. The monoisotopic (exact) mass is 324 g/mol. The second-order valence-corrected chi connectivity index (χ2v) is 0. The van der Waals surface area contributed by atoms with Crippen LogP contribution in [0.4, 0.5) is 0 Å². The van der Waals surface area contributed by atoms with Crippen LogP contribution in [0.15, 0.2) is 0 Å². The minimum Gasteiger partial charge on any atom is -0.680 e. The van der Waals surface area contributed by atoms with E-state index in [0.717, 1.165) is 0 Å². The summed E-state index contributed by atoms with van der Waals surface area (Å²) in [4.78, 5) is 0. The van der Waals surface area contributed by atoms with Crippen LogP contribution in [0.5, 0.6) is 0 Å². The molecule has 0 rings (SSSR count). The molecule has 0 spiro atoms. The van der Waals surface area contributed by atoms with Crippen molar-refractivity contribution in [3.8, 4) is 0 Å². The van der Waals surface area contributed by atoms with Crippen LogP contribution in [0.25, 0.3) is 22.9 Å². The minimum absolute atomic E-state index is 0. The normalized spacial score (nSPS) is 2.00. The van der Waals surface area contributed by atoms with Gasteiger partial charge in [-0.15, -0.1) is 0 Å². The van der Waals surface area contributed by atoms with E-state index in [1.807, 2.05) is 0 Å². The van der Waals surface area contributed by atoms with Crippen molar-refractivity contribution < 1.29 is 74.2 Å². The predicted molar refractivity (Wildman–Crippen MR) is 41.0 cm³/mol. The van der Waals surface area contributed by atoms with Crippen molar-refractivity contribution in [3.63, 3.8) is 0 Å². The van der Waals surface area contributed by atoms with Gasteiger partial charge in [0, 0.05) is 55.7 Å². The zero-order valence-electron chi connectivity index (χ0n) is 7.79. The molecule has 0 bridgehead atoms. The minimum atomic E-state index is 0. The fourth-order valence-electron chi connectivity index (χ4n) is 0. The van der Waals surface area contributed by atoms with Crippen LogP contribution in [-0.4, -0.2) is 28.2 Å². The summed E-state index contributed by atoms with van der Waals surface area (Å²) in [6.07, 6.45) is 0. The summed E-state index contributed by atoms with van der Waals surface area (Å²) < 4.78 is 0. The Bertz CT molecular complexity index is 19.0. The maximum absolute atomic E-state index is 5.75. The fourth-order valence-corrected chi connectivity index (χ4v) is 0. The maximum atomic E-state index is 5.75. The molecule has 0 amide bonds. The Morgan fingerprint density at radius 2 is 0.417 bits per heavy atom. The second-order valence-electron chi connectivity index (χ2n) is 0. The van der Waals surface area contributed by atoms with Crippen molar-refractivity contribution in [2.75, 3.05) is 28.2 Å². The van der Waals surface area contributed by atoms with Gasteiger partial charge in [0.1, 0.15) is 0 Å². The smallest absolute Gasteiger partial charge is 0.680 e. The van der Waals surface area contributed by atoms with Gasteiger partial charge < -0.3 is 22.9 Å². The molecule has 74 valence electrons. The Hall–Kier alpha value is 2.18. The molecule has 0 saturated carbocycles. The topological polar surface area (TPSA) is 95.2 Å².